The second-order valence-corrected chi connectivity index (χ2v) is 9.62. The van der Waals surface area contributed by atoms with Gasteiger partial charge in [-0.05, 0) is 51.0 Å². The Hall–Kier alpha value is -0.580. The third kappa shape index (κ3) is 27.7. The second kappa shape index (κ2) is 30.5. The van der Waals surface area contributed by atoms with Crippen molar-refractivity contribution in [2.24, 2.45) is 0 Å². The minimum Gasteiger partial charge on any atom is -0.475 e. The average Bonchev–Trinajstić information content (AvgIpc) is 2.85. The largest absolute Gasteiger partial charge is 0.475 e. The second-order valence-electron chi connectivity index (χ2n) is 9.62. The van der Waals surface area contributed by atoms with Crippen LogP contribution >= 0.6 is 0 Å². The predicted octanol–water partition coefficient (Wildman–Crippen LogP) is 9.71. The van der Waals surface area contributed by atoms with E-state index in [0.29, 0.717) is 6.79 Å². The maximum atomic E-state index is 6.08. The van der Waals surface area contributed by atoms with Crippen LogP contribution in [0.3, 0.4) is 0 Å². The van der Waals surface area contributed by atoms with Crippen LogP contribution in [0.15, 0.2) is 12.3 Å². The normalized spacial score (nSPS) is 11.8. The Morgan fingerprint density at radius 3 is 1.65 bits per heavy atom. The molecule has 0 aliphatic rings. The van der Waals surface area contributed by atoms with Gasteiger partial charge in [0.05, 0.1) is 12.9 Å². The van der Waals surface area contributed by atoms with Crippen LogP contribution in [-0.2, 0) is 18.9 Å². The summed E-state index contributed by atoms with van der Waals surface area (Å²) in [6, 6.07) is 0. The highest BCUT2D eigenvalue weighted by atomic mass is 16.7. The summed E-state index contributed by atoms with van der Waals surface area (Å²) in [5.74, 6) is 0. The first-order chi connectivity index (χ1) is 16.8. The van der Waals surface area contributed by atoms with Gasteiger partial charge in [-0.15, -0.1) is 0 Å². The van der Waals surface area contributed by atoms with Gasteiger partial charge in [-0.25, -0.2) is 0 Å². The zero-order chi connectivity index (χ0) is 24.8. The Balaban J connectivity index is 3.59. The highest BCUT2D eigenvalue weighted by Crippen LogP contribution is 2.14. The number of hydrogen-bond acceptors (Lipinski definition) is 4. The van der Waals surface area contributed by atoms with Gasteiger partial charge < -0.3 is 18.9 Å². The fraction of sp³-hybridized carbons (Fsp3) is 0.933. The molecule has 0 saturated carbocycles. The molecule has 0 aliphatic heterocycles. The Bertz CT molecular complexity index is 372. The van der Waals surface area contributed by atoms with Crippen LogP contribution < -0.4 is 0 Å². The Morgan fingerprint density at radius 2 is 1.03 bits per heavy atom. The van der Waals surface area contributed by atoms with Crippen molar-refractivity contribution in [3.05, 3.63) is 12.3 Å². The van der Waals surface area contributed by atoms with E-state index in [-0.39, 0.29) is 6.29 Å². The Kier molecular flexibility index (Phi) is 29.9. The lowest BCUT2D eigenvalue weighted by Gasteiger charge is -2.19. The minimum absolute atomic E-state index is 0.0130. The number of ether oxygens (including phenoxy) is 4. The summed E-state index contributed by atoms with van der Waals surface area (Å²) in [7, 11) is 0. The summed E-state index contributed by atoms with van der Waals surface area (Å²) in [6.07, 6.45) is 28.8. The van der Waals surface area contributed by atoms with Gasteiger partial charge in [-0.3, -0.25) is 0 Å². The van der Waals surface area contributed by atoms with Crippen LogP contribution in [0.25, 0.3) is 0 Å². The SMILES string of the molecule is CCCCCCOC(CCCCCCCCCC=COCOCCCCC)OCCCCCC. The molecule has 4 nitrogen and oxygen atoms in total. The minimum atomic E-state index is 0.0130. The van der Waals surface area contributed by atoms with Crippen molar-refractivity contribution in [1.29, 1.82) is 0 Å². The zero-order valence-electron chi connectivity index (χ0n) is 23.3. The lowest BCUT2D eigenvalue weighted by Crippen LogP contribution is -2.19. The molecule has 0 fully saturated rings. The molecule has 204 valence electrons. The number of hydrogen-bond donors (Lipinski definition) is 0. The van der Waals surface area contributed by atoms with Crippen LogP contribution in [0.4, 0.5) is 0 Å². The van der Waals surface area contributed by atoms with Gasteiger partial charge in [-0.2, -0.15) is 0 Å². The van der Waals surface area contributed by atoms with Crippen molar-refractivity contribution in [1.82, 2.24) is 0 Å². The highest BCUT2D eigenvalue weighted by Gasteiger charge is 2.09. The van der Waals surface area contributed by atoms with E-state index in [9.17, 15) is 0 Å². The van der Waals surface area contributed by atoms with E-state index in [1.165, 1.54) is 96.3 Å². The van der Waals surface area contributed by atoms with Crippen LogP contribution in [0.5, 0.6) is 0 Å². The summed E-state index contributed by atoms with van der Waals surface area (Å²) >= 11 is 0. The van der Waals surface area contributed by atoms with Crippen LogP contribution in [0.2, 0.25) is 0 Å². The first kappa shape index (κ1) is 33.4. The summed E-state index contributed by atoms with van der Waals surface area (Å²) < 4.78 is 22.9. The first-order valence-corrected chi connectivity index (χ1v) is 14.9. The maximum Gasteiger partial charge on any atom is 0.188 e. The Morgan fingerprint density at radius 1 is 0.529 bits per heavy atom. The van der Waals surface area contributed by atoms with E-state index in [1.807, 2.05) is 0 Å². The summed E-state index contributed by atoms with van der Waals surface area (Å²) in [5.41, 5.74) is 0. The molecule has 0 radical (unpaired) electrons. The van der Waals surface area contributed by atoms with E-state index >= 15 is 0 Å². The number of allylic oxidation sites excluding steroid dienone is 1. The molecule has 0 rings (SSSR count). The van der Waals surface area contributed by atoms with Gasteiger partial charge >= 0.3 is 0 Å². The summed E-state index contributed by atoms with van der Waals surface area (Å²) in [4.78, 5) is 0. The molecule has 0 aromatic carbocycles. The molecule has 0 spiro atoms. The molecule has 0 N–H and O–H groups in total. The smallest absolute Gasteiger partial charge is 0.188 e. The lowest BCUT2D eigenvalue weighted by atomic mass is 10.1. The van der Waals surface area contributed by atoms with Crippen LogP contribution in [0.1, 0.15) is 149 Å². The van der Waals surface area contributed by atoms with Gasteiger partial charge in [0.25, 0.3) is 0 Å². The molecule has 0 aliphatic carbocycles. The Labute approximate surface area is 213 Å². The molecule has 0 atom stereocenters. The quantitative estimate of drug-likeness (QED) is 0.0601. The molecule has 4 heteroatoms. The standard InChI is InChI=1S/C30H60O4/c1-4-7-10-22-27-33-30(34-28-23-11-8-5-2)24-19-17-15-13-12-14-16-18-21-26-32-29-31-25-20-9-6-3/h21,26,30H,4-20,22-25,27-29H2,1-3H3. The molecule has 0 aromatic heterocycles. The molecular formula is C30H60O4. The van der Waals surface area contributed by atoms with Crippen LogP contribution in [0, 0.1) is 0 Å². The predicted molar refractivity (Wildman–Crippen MR) is 146 cm³/mol. The number of rotatable bonds is 29. The summed E-state index contributed by atoms with van der Waals surface area (Å²) in [5, 5.41) is 0. The molecule has 0 amide bonds. The summed E-state index contributed by atoms with van der Waals surface area (Å²) in [6.45, 7) is 9.60. The molecule has 0 unspecified atom stereocenters. The van der Waals surface area contributed by atoms with Gasteiger partial charge in [-0.1, -0.05) is 104 Å². The zero-order valence-corrected chi connectivity index (χ0v) is 23.3. The maximum absolute atomic E-state index is 6.08. The molecular weight excluding hydrogens is 424 g/mol. The molecule has 0 saturated heterocycles. The van der Waals surface area contributed by atoms with Gasteiger partial charge in [0, 0.05) is 13.2 Å². The third-order valence-corrected chi connectivity index (χ3v) is 6.15. The van der Waals surface area contributed by atoms with Crippen molar-refractivity contribution < 1.29 is 18.9 Å². The van der Waals surface area contributed by atoms with E-state index in [2.05, 4.69) is 26.8 Å². The van der Waals surface area contributed by atoms with Gasteiger partial charge in [0.1, 0.15) is 0 Å². The average molecular weight is 485 g/mol. The van der Waals surface area contributed by atoms with E-state index < -0.39 is 0 Å². The molecule has 34 heavy (non-hydrogen) atoms. The van der Waals surface area contributed by atoms with Crippen molar-refractivity contribution in [3.63, 3.8) is 0 Å². The fourth-order valence-electron chi connectivity index (χ4n) is 3.90. The first-order valence-electron chi connectivity index (χ1n) is 14.9. The van der Waals surface area contributed by atoms with Gasteiger partial charge in [0.15, 0.2) is 13.1 Å². The molecule has 0 heterocycles. The monoisotopic (exact) mass is 484 g/mol. The van der Waals surface area contributed by atoms with Crippen molar-refractivity contribution in [2.45, 2.75) is 155 Å². The number of unbranched alkanes of at least 4 members (excludes halogenated alkanes) is 15. The van der Waals surface area contributed by atoms with E-state index in [0.717, 1.165) is 51.9 Å². The van der Waals surface area contributed by atoms with Crippen molar-refractivity contribution >= 4 is 0 Å². The van der Waals surface area contributed by atoms with Crippen LogP contribution in [-0.4, -0.2) is 32.9 Å². The molecule has 0 bridgehead atoms. The fourth-order valence-corrected chi connectivity index (χ4v) is 3.90. The lowest BCUT2D eigenvalue weighted by molar-refractivity contribution is -0.148. The third-order valence-electron chi connectivity index (χ3n) is 6.15. The van der Waals surface area contributed by atoms with Gasteiger partial charge in [0.2, 0.25) is 0 Å². The topological polar surface area (TPSA) is 36.9 Å². The van der Waals surface area contributed by atoms with E-state index in [1.54, 1.807) is 6.26 Å². The molecule has 0 aromatic rings. The van der Waals surface area contributed by atoms with Crippen molar-refractivity contribution in [2.75, 3.05) is 26.6 Å². The highest BCUT2D eigenvalue weighted by molar-refractivity contribution is 4.72. The van der Waals surface area contributed by atoms with E-state index in [4.69, 9.17) is 18.9 Å². The van der Waals surface area contributed by atoms with Crippen molar-refractivity contribution in [3.8, 4) is 0 Å².